The third kappa shape index (κ3) is 3.27. The van der Waals surface area contributed by atoms with Crippen LogP contribution in [0.4, 0.5) is 0 Å². The zero-order valence-corrected chi connectivity index (χ0v) is 10.1. The monoisotopic (exact) mass is 253 g/mol. The summed E-state index contributed by atoms with van der Waals surface area (Å²) < 4.78 is 10.1. The van der Waals surface area contributed by atoms with Crippen molar-refractivity contribution in [2.75, 3.05) is 20.8 Å². The van der Waals surface area contributed by atoms with E-state index < -0.39 is 0 Å². The van der Waals surface area contributed by atoms with Crippen LogP contribution in [0, 0.1) is 0 Å². The van der Waals surface area contributed by atoms with E-state index in [9.17, 15) is 4.79 Å². The van der Waals surface area contributed by atoms with E-state index in [2.05, 4.69) is 10.5 Å². The van der Waals surface area contributed by atoms with Crippen molar-refractivity contribution in [3.05, 3.63) is 23.8 Å². The quantitative estimate of drug-likeness (QED) is 0.300. The third-order valence-electron chi connectivity index (χ3n) is 2.20. The first-order valence-corrected chi connectivity index (χ1v) is 5.09. The fourth-order valence-corrected chi connectivity index (χ4v) is 1.29. The fraction of sp³-hybridized carbons (Fsp3) is 0.273. The molecule has 0 aliphatic rings. The van der Waals surface area contributed by atoms with E-state index in [1.165, 1.54) is 14.2 Å². The molecule has 98 valence electrons. The van der Waals surface area contributed by atoms with Crippen LogP contribution < -0.4 is 20.5 Å². The highest BCUT2D eigenvalue weighted by atomic mass is 16.5. The number of ether oxygens (including phenoxy) is 2. The number of nitrogens with one attached hydrogen (secondary N) is 1. The Morgan fingerprint density at radius 2 is 2.06 bits per heavy atom. The van der Waals surface area contributed by atoms with Crippen LogP contribution in [0.1, 0.15) is 10.4 Å². The minimum Gasteiger partial charge on any atom is -0.493 e. The molecule has 0 bridgehead atoms. The summed E-state index contributed by atoms with van der Waals surface area (Å²) in [5, 5.41) is 13.6. The van der Waals surface area contributed by atoms with Crippen molar-refractivity contribution in [2.45, 2.75) is 0 Å². The molecule has 0 saturated heterocycles. The van der Waals surface area contributed by atoms with Gasteiger partial charge in [0.2, 0.25) is 0 Å². The largest absolute Gasteiger partial charge is 0.493 e. The van der Waals surface area contributed by atoms with Gasteiger partial charge in [-0.1, -0.05) is 5.16 Å². The predicted molar refractivity (Wildman–Crippen MR) is 65.3 cm³/mol. The number of amides is 1. The summed E-state index contributed by atoms with van der Waals surface area (Å²) in [7, 11) is 2.99. The van der Waals surface area contributed by atoms with Gasteiger partial charge in [0.15, 0.2) is 17.3 Å². The lowest BCUT2D eigenvalue weighted by atomic mass is 10.2. The lowest BCUT2D eigenvalue weighted by Gasteiger charge is -2.09. The van der Waals surface area contributed by atoms with Crippen LogP contribution in [-0.4, -0.2) is 37.7 Å². The first-order chi connectivity index (χ1) is 8.62. The van der Waals surface area contributed by atoms with Crippen LogP contribution >= 0.6 is 0 Å². The molecule has 18 heavy (non-hydrogen) atoms. The van der Waals surface area contributed by atoms with Gasteiger partial charge in [-0.25, -0.2) is 0 Å². The van der Waals surface area contributed by atoms with Crippen molar-refractivity contribution in [2.24, 2.45) is 10.9 Å². The van der Waals surface area contributed by atoms with Crippen molar-refractivity contribution in [3.63, 3.8) is 0 Å². The molecule has 1 aromatic carbocycles. The van der Waals surface area contributed by atoms with E-state index >= 15 is 0 Å². The average Bonchev–Trinajstić information content (AvgIpc) is 2.43. The molecule has 1 rings (SSSR count). The molecule has 7 heteroatoms. The van der Waals surface area contributed by atoms with Crippen LogP contribution in [0.2, 0.25) is 0 Å². The molecule has 0 aliphatic carbocycles. The maximum absolute atomic E-state index is 11.7. The van der Waals surface area contributed by atoms with Crippen LogP contribution in [0.5, 0.6) is 11.5 Å². The standard InChI is InChI=1S/C11H15N3O4/c1-17-8-4-3-7(5-9(8)18-2)11(15)13-6-10(12)14-16/h3-5,16H,6H2,1-2H3,(H2,12,14)(H,13,15). The number of hydrogen-bond acceptors (Lipinski definition) is 5. The van der Waals surface area contributed by atoms with Gasteiger partial charge in [-0.2, -0.15) is 0 Å². The van der Waals surface area contributed by atoms with Gasteiger partial charge >= 0.3 is 0 Å². The number of carbonyl (C=O) groups excluding carboxylic acids is 1. The Kier molecular flexibility index (Phi) is 4.79. The van der Waals surface area contributed by atoms with Gasteiger partial charge in [0, 0.05) is 5.56 Å². The lowest BCUT2D eigenvalue weighted by Crippen LogP contribution is -2.33. The Bertz CT molecular complexity index is 460. The van der Waals surface area contributed by atoms with E-state index in [4.69, 9.17) is 20.4 Å². The molecular weight excluding hydrogens is 238 g/mol. The van der Waals surface area contributed by atoms with Gasteiger partial charge in [-0.05, 0) is 18.2 Å². The summed E-state index contributed by atoms with van der Waals surface area (Å²) in [6.07, 6.45) is 0. The Balaban J connectivity index is 2.80. The number of nitrogens with zero attached hydrogens (tertiary/aromatic N) is 1. The maximum Gasteiger partial charge on any atom is 0.251 e. The molecule has 0 spiro atoms. The topological polar surface area (TPSA) is 106 Å². The van der Waals surface area contributed by atoms with E-state index in [1.54, 1.807) is 18.2 Å². The van der Waals surface area contributed by atoms with Crippen molar-refractivity contribution >= 4 is 11.7 Å². The Morgan fingerprint density at radius 1 is 1.39 bits per heavy atom. The predicted octanol–water partition coefficient (Wildman–Crippen LogP) is 0.180. The minimum atomic E-state index is -0.359. The number of rotatable bonds is 5. The van der Waals surface area contributed by atoms with Gasteiger partial charge in [-0.15, -0.1) is 0 Å². The molecule has 0 saturated carbocycles. The highest BCUT2D eigenvalue weighted by Crippen LogP contribution is 2.27. The number of methoxy groups -OCH3 is 2. The van der Waals surface area contributed by atoms with E-state index in [0.29, 0.717) is 17.1 Å². The molecule has 0 aromatic heterocycles. The zero-order valence-electron chi connectivity index (χ0n) is 10.1. The lowest BCUT2D eigenvalue weighted by molar-refractivity contribution is 0.0958. The summed E-state index contributed by atoms with van der Waals surface area (Å²) in [6, 6.07) is 4.75. The third-order valence-corrected chi connectivity index (χ3v) is 2.20. The second-order valence-electron chi connectivity index (χ2n) is 3.34. The molecule has 0 radical (unpaired) electrons. The van der Waals surface area contributed by atoms with E-state index in [0.717, 1.165) is 0 Å². The summed E-state index contributed by atoms with van der Waals surface area (Å²) >= 11 is 0. The molecule has 0 heterocycles. The molecule has 4 N–H and O–H groups in total. The zero-order chi connectivity index (χ0) is 13.5. The molecule has 1 aromatic rings. The second-order valence-corrected chi connectivity index (χ2v) is 3.34. The Morgan fingerprint density at radius 3 is 2.61 bits per heavy atom. The summed E-state index contributed by atoms with van der Waals surface area (Å²) in [5.41, 5.74) is 5.63. The average molecular weight is 253 g/mol. The molecule has 7 nitrogen and oxygen atoms in total. The highest BCUT2D eigenvalue weighted by Gasteiger charge is 2.10. The van der Waals surface area contributed by atoms with Gasteiger partial charge < -0.3 is 25.7 Å². The fourth-order valence-electron chi connectivity index (χ4n) is 1.29. The molecule has 0 unspecified atom stereocenters. The molecule has 0 atom stereocenters. The van der Waals surface area contributed by atoms with Crippen molar-refractivity contribution < 1.29 is 19.5 Å². The summed E-state index contributed by atoms with van der Waals surface area (Å²) in [6.45, 7) is -0.0380. The maximum atomic E-state index is 11.7. The Hall–Kier alpha value is -2.44. The number of oxime groups is 1. The van der Waals surface area contributed by atoms with Gasteiger partial charge in [0.1, 0.15) is 0 Å². The normalized spacial score (nSPS) is 10.9. The number of benzene rings is 1. The minimum absolute atomic E-state index is 0.0380. The molecule has 0 fully saturated rings. The van der Waals surface area contributed by atoms with Crippen LogP contribution in [0.15, 0.2) is 23.4 Å². The molecule has 1 amide bonds. The first kappa shape index (κ1) is 13.6. The smallest absolute Gasteiger partial charge is 0.251 e. The van der Waals surface area contributed by atoms with Crippen LogP contribution in [-0.2, 0) is 0 Å². The number of amidine groups is 1. The van der Waals surface area contributed by atoms with Crippen LogP contribution in [0.3, 0.4) is 0 Å². The summed E-state index contributed by atoms with van der Waals surface area (Å²) in [4.78, 5) is 11.7. The number of carbonyl (C=O) groups is 1. The highest BCUT2D eigenvalue weighted by molar-refractivity contribution is 5.97. The van der Waals surface area contributed by atoms with E-state index in [1.807, 2.05) is 0 Å². The molecular formula is C11H15N3O4. The SMILES string of the molecule is COc1ccc(C(=O)NC/C(N)=N/O)cc1OC. The second kappa shape index (κ2) is 6.33. The van der Waals surface area contributed by atoms with Crippen LogP contribution in [0.25, 0.3) is 0 Å². The molecule has 0 aliphatic heterocycles. The Labute approximate surface area is 104 Å². The number of hydrogen-bond donors (Lipinski definition) is 3. The van der Waals surface area contributed by atoms with Crippen molar-refractivity contribution in [3.8, 4) is 11.5 Å². The van der Waals surface area contributed by atoms with Gasteiger partial charge in [0.25, 0.3) is 5.91 Å². The summed E-state index contributed by atoms with van der Waals surface area (Å²) in [5.74, 6) is 0.547. The van der Waals surface area contributed by atoms with Gasteiger partial charge in [-0.3, -0.25) is 4.79 Å². The van der Waals surface area contributed by atoms with Crippen molar-refractivity contribution in [1.29, 1.82) is 0 Å². The van der Waals surface area contributed by atoms with Gasteiger partial charge in [0.05, 0.1) is 20.8 Å². The van der Waals surface area contributed by atoms with E-state index in [-0.39, 0.29) is 18.3 Å². The number of nitrogens with two attached hydrogens (primary N) is 1. The van der Waals surface area contributed by atoms with Crippen molar-refractivity contribution in [1.82, 2.24) is 5.32 Å². The first-order valence-electron chi connectivity index (χ1n) is 5.09.